The van der Waals surface area contributed by atoms with Crippen LogP contribution in [0.4, 0.5) is 4.39 Å². The second-order valence-corrected chi connectivity index (χ2v) is 6.42. The third kappa shape index (κ3) is 2.92. The smallest absolute Gasteiger partial charge is 0.224 e. The van der Waals surface area contributed by atoms with Crippen LogP contribution in [-0.2, 0) is 16.0 Å². The van der Waals surface area contributed by atoms with E-state index < -0.39 is 5.82 Å². The molecule has 1 heterocycles. The van der Waals surface area contributed by atoms with E-state index in [-0.39, 0.29) is 29.3 Å². The molecule has 1 saturated heterocycles. The van der Waals surface area contributed by atoms with Crippen molar-refractivity contribution in [2.75, 3.05) is 13.2 Å². The normalized spacial score (nSPS) is 23.6. The average Bonchev–Trinajstić information content (AvgIpc) is 2.48. The number of hydrogen-bond donors (Lipinski definition) is 1. The van der Waals surface area contributed by atoms with E-state index in [1.165, 1.54) is 6.07 Å². The molecule has 3 rings (SSSR count). The molecule has 1 aromatic carbocycles. The third-order valence-electron chi connectivity index (χ3n) is 4.89. The summed E-state index contributed by atoms with van der Waals surface area (Å²) >= 11 is 5.96. The molecule has 3 nitrogen and oxygen atoms in total. The quantitative estimate of drug-likeness (QED) is 0.931. The predicted molar refractivity (Wildman–Crippen MR) is 78.8 cm³/mol. The molecule has 1 amide bonds. The molecule has 2 aliphatic rings. The van der Waals surface area contributed by atoms with Crippen molar-refractivity contribution >= 4 is 17.5 Å². The second kappa shape index (κ2) is 5.93. The summed E-state index contributed by atoms with van der Waals surface area (Å²) in [7, 11) is 0. The third-order valence-corrected chi connectivity index (χ3v) is 5.25. The molecule has 1 aromatic rings. The molecule has 1 aliphatic carbocycles. The van der Waals surface area contributed by atoms with Crippen molar-refractivity contribution in [1.82, 2.24) is 5.32 Å². The fourth-order valence-electron chi connectivity index (χ4n) is 3.41. The number of ether oxygens (including phenoxy) is 1. The molecule has 5 heteroatoms. The van der Waals surface area contributed by atoms with E-state index in [0.29, 0.717) is 5.02 Å². The van der Waals surface area contributed by atoms with Crippen molar-refractivity contribution in [2.24, 2.45) is 5.41 Å². The van der Waals surface area contributed by atoms with Crippen molar-refractivity contribution in [2.45, 2.75) is 38.1 Å². The van der Waals surface area contributed by atoms with Gasteiger partial charge in [-0.3, -0.25) is 4.79 Å². The summed E-state index contributed by atoms with van der Waals surface area (Å²) in [4.78, 5) is 12.2. The lowest BCUT2D eigenvalue weighted by molar-refractivity contribution is -0.126. The van der Waals surface area contributed by atoms with Crippen LogP contribution in [0, 0.1) is 11.2 Å². The largest absolute Gasteiger partial charge is 0.381 e. The number of benzene rings is 1. The average molecular weight is 312 g/mol. The van der Waals surface area contributed by atoms with E-state index in [0.717, 1.165) is 38.9 Å². The monoisotopic (exact) mass is 311 g/mol. The van der Waals surface area contributed by atoms with Crippen LogP contribution in [0.3, 0.4) is 0 Å². The Bertz CT molecular complexity index is 523. The molecule has 1 aliphatic heterocycles. The molecule has 1 spiro atoms. The SMILES string of the molecule is O=C(Cc1c(F)cccc1Cl)NC1CCC12CCOCC2. The molecule has 114 valence electrons. The predicted octanol–water partition coefficient (Wildman–Crippen LogP) is 3.10. The van der Waals surface area contributed by atoms with Gasteiger partial charge in [0.05, 0.1) is 6.42 Å². The van der Waals surface area contributed by atoms with E-state index in [1.54, 1.807) is 12.1 Å². The molecule has 2 fully saturated rings. The minimum atomic E-state index is -0.424. The van der Waals surface area contributed by atoms with E-state index in [9.17, 15) is 9.18 Å². The van der Waals surface area contributed by atoms with Gasteiger partial charge in [-0.2, -0.15) is 0 Å². The van der Waals surface area contributed by atoms with Crippen molar-refractivity contribution < 1.29 is 13.9 Å². The van der Waals surface area contributed by atoms with Crippen LogP contribution in [0.25, 0.3) is 0 Å². The Labute approximate surface area is 128 Å². The molecule has 0 radical (unpaired) electrons. The van der Waals surface area contributed by atoms with Crippen LogP contribution in [0.5, 0.6) is 0 Å². The second-order valence-electron chi connectivity index (χ2n) is 6.01. The Balaban J connectivity index is 1.62. The Morgan fingerprint density at radius 1 is 1.38 bits per heavy atom. The molecule has 1 saturated carbocycles. The molecule has 1 atom stereocenters. The maximum atomic E-state index is 13.7. The first-order chi connectivity index (χ1) is 10.1. The number of halogens is 2. The summed E-state index contributed by atoms with van der Waals surface area (Å²) in [5.41, 5.74) is 0.476. The first-order valence-electron chi connectivity index (χ1n) is 7.41. The zero-order valence-corrected chi connectivity index (χ0v) is 12.6. The highest BCUT2D eigenvalue weighted by molar-refractivity contribution is 6.31. The van der Waals surface area contributed by atoms with Crippen LogP contribution in [0.2, 0.25) is 5.02 Å². The zero-order chi connectivity index (χ0) is 14.9. The molecule has 21 heavy (non-hydrogen) atoms. The fraction of sp³-hybridized carbons (Fsp3) is 0.562. The molecule has 0 aromatic heterocycles. The van der Waals surface area contributed by atoms with Crippen molar-refractivity contribution in [3.05, 3.63) is 34.6 Å². The number of hydrogen-bond acceptors (Lipinski definition) is 2. The Morgan fingerprint density at radius 3 is 2.76 bits per heavy atom. The van der Waals surface area contributed by atoms with Crippen LogP contribution in [0.1, 0.15) is 31.2 Å². The van der Waals surface area contributed by atoms with E-state index >= 15 is 0 Å². The number of rotatable bonds is 3. The van der Waals surface area contributed by atoms with Gasteiger partial charge in [0.25, 0.3) is 0 Å². The maximum Gasteiger partial charge on any atom is 0.224 e. The minimum Gasteiger partial charge on any atom is -0.381 e. The van der Waals surface area contributed by atoms with Gasteiger partial charge in [0.1, 0.15) is 5.82 Å². The molecular formula is C16H19ClFNO2. The number of nitrogens with one attached hydrogen (secondary N) is 1. The summed E-state index contributed by atoms with van der Waals surface area (Å²) in [5.74, 6) is -0.579. The van der Waals surface area contributed by atoms with Gasteiger partial charge in [0, 0.05) is 29.8 Å². The van der Waals surface area contributed by atoms with Crippen molar-refractivity contribution in [3.63, 3.8) is 0 Å². The maximum absolute atomic E-state index is 13.7. The zero-order valence-electron chi connectivity index (χ0n) is 11.8. The highest BCUT2D eigenvalue weighted by atomic mass is 35.5. The van der Waals surface area contributed by atoms with Gasteiger partial charge in [-0.1, -0.05) is 17.7 Å². The highest BCUT2D eigenvalue weighted by Crippen LogP contribution is 2.48. The first kappa shape index (κ1) is 14.8. The van der Waals surface area contributed by atoms with Crippen LogP contribution < -0.4 is 5.32 Å². The van der Waals surface area contributed by atoms with Gasteiger partial charge in [-0.15, -0.1) is 0 Å². The van der Waals surface area contributed by atoms with Gasteiger partial charge in [-0.25, -0.2) is 4.39 Å². The Kier molecular flexibility index (Phi) is 4.18. The van der Waals surface area contributed by atoms with Crippen molar-refractivity contribution in [1.29, 1.82) is 0 Å². The number of carbonyl (C=O) groups is 1. The topological polar surface area (TPSA) is 38.3 Å². The Morgan fingerprint density at radius 2 is 2.14 bits per heavy atom. The standard InChI is InChI=1S/C16H19ClFNO2/c17-12-2-1-3-13(18)11(12)10-15(20)19-14-4-5-16(14)6-8-21-9-7-16/h1-3,14H,4-10H2,(H,19,20). The van der Waals surface area contributed by atoms with Gasteiger partial charge < -0.3 is 10.1 Å². The highest BCUT2D eigenvalue weighted by Gasteiger charge is 2.47. The van der Waals surface area contributed by atoms with Crippen LogP contribution in [0.15, 0.2) is 18.2 Å². The van der Waals surface area contributed by atoms with Crippen molar-refractivity contribution in [3.8, 4) is 0 Å². The van der Waals surface area contributed by atoms with Crippen LogP contribution >= 0.6 is 11.6 Å². The van der Waals surface area contributed by atoms with Crippen LogP contribution in [-0.4, -0.2) is 25.2 Å². The number of amides is 1. The Hall–Kier alpha value is -1.13. The molecule has 0 bridgehead atoms. The van der Waals surface area contributed by atoms with Gasteiger partial charge in [-0.05, 0) is 43.2 Å². The first-order valence-corrected chi connectivity index (χ1v) is 7.78. The summed E-state index contributed by atoms with van der Waals surface area (Å²) in [6, 6.07) is 4.68. The summed E-state index contributed by atoms with van der Waals surface area (Å²) in [6.45, 7) is 1.54. The minimum absolute atomic E-state index is 0.00537. The number of carbonyl (C=O) groups excluding carboxylic acids is 1. The van der Waals surface area contributed by atoms with Gasteiger partial charge >= 0.3 is 0 Å². The lowest BCUT2D eigenvalue weighted by Gasteiger charge is -2.52. The lowest BCUT2D eigenvalue weighted by atomic mass is 9.60. The van der Waals surface area contributed by atoms with E-state index in [2.05, 4.69) is 5.32 Å². The van der Waals surface area contributed by atoms with Gasteiger partial charge in [0.15, 0.2) is 0 Å². The molecule has 1 N–H and O–H groups in total. The van der Waals surface area contributed by atoms with E-state index in [1.807, 2.05) is 0 Å². The van der Waals surface area contributed by atoms with Gasteiger partial charge in [0.2, 0.25) is 5.91 Å². The summed E-state index contributed by atoms with van der Waals surface area (Å²) in [5, 5.41) is 3.37. The summed E-state index contributed by atoms with van der Waals surface area (Å²) in [6.07, 6.45) is 4.13. The van der Waals surface area contributed by atoms with E-state index in [4.69, 9.17) is 16.3 Å². The summed E-state index contributed by atoms with van der Waals surface area (Å²) < 4.78 is 19.1. The molecule has 1 unspecified atom stereocenters. The lowest BCUT2D eigenvalue weighted by Crippen LogP contribution is -2.57. The molecular weight excluding hydrogens is 293 g/mol. The fourth-order valence-corrected chi connectivity index (χ4v) is 3.64.